The first-order valence-electron chi connectivity index (χ1n) is 4.00. The Labute approximate surface area is 85.8 Å². The molecule has 0 bridgehead atoms. The maximum absolute atomic E-state index is 10.8. The van der Waals surface area contributed by atoms with Crippen molar-refractivity contribution < 1.29 is 9.90 Å². The number of hydrogen-bond donors (Lipinski definition) is 2. The Morgan fingerprint density at radius 3 is 2.79 bits per heavy atom. The lowest BCUT2D eigenvalue weighted by atomic mass is 10.2. The topological polar surface area (TPSA) is 50.2 Å². The van der Waals surface area contributed by atoms with Gasteiger partial charge in [0.1, 0.15) is 0 Å². The van der Waals surface area contributed by atoms with Crippen LogP contribution in [-0.2, 0) is 0 Å². The van der Waals surface area contributed by atoms with Gasteiger partial charge in [-0.25, -0.2) is 9.78 Å². The Morgan fingerprint density at radius 2 is 2.07 bits per heavy atom. The van der Waals surface area contributed by atoms with Crippen LogP contribution in [0.15, 0.2) is 35.2 Å². The first kappa shape index (κ1) is 9.02. The average molecular weight is 205 g/mol. The third-order valence-electron chi connectivity index (χ3n) is 1.91. The quantitative estimate of drug-likeness (QED) is 0.702. The standard InChI is InChI=1S/C10H7NO2S/c12-10(13)9-8(14)5-6-3-1-2-4-7(6)11-9/h1-5,14H,(H,12,13). The van der Waals surface area contributed by atoms with Gasteiger partial charge in [0, 0.05) is 10.3 Å². The summed E-state index contributed by atoms with van der Waals surface area (Å²) in [5.41, 5.74) is 0.662. The molecule has 1 N–H and O–H groups in total. The Balaban J connectivity index is 2.77. The van der Waals surface area contributed by atoms with Gasteiger partial charge in [0.05, 0.1) is 5.52 Å². The molecule has 1 aromatic heterocycles. The second-order valence-corrected chi connectivity index (χ2v) is 3.34. The molecular weight excluding hydrogens is 198 g/mol. The van der Waals surface area contributed by atoms with Crippen LogP contribution < -0.4 is 0 Å². The summed E-state index contributed by atoms with van der Waals surface area (Å²) in [5.74, 6) is -1.05. The van der Waals surface area contributed by atoms with Crippen LogP contribution in [0.1, 0.15) is 10.5 Å². The molecule has 0 spiro atoms. The van der Waals surface area contributed by atoms with E-state index in [1.165, 1.54) is 0 Å². The molecule has 2 aromatic rings. The molecule has 0 radical (unpaired) electrons. The first-order valence-corrected chi connectivity index (χ1v) is 4.45. The Morgan fingerprint density at radius 1 is 1.36 bits per heavy atom. The number of aromatic carboxylic acids is 1. The maximum atomic E-state index is 10.8. The van der Waals surface area contributed by atoms with E-state index in [0.717, 1.165) is 5.39 Å². The van der Waals surface area contributed by atoms with Crippen molar-refractivity contribution in [1.82, 2.24) is 4.98 Å². The highest BCUT2D eigenvalue weighted by Crippen LogP contribution is 2.19. The van der Waals surface area contributed by atoms with Crippen molar-refractivity contribution in [2.75, 3.05) is 0 Å². The summed E-state index contributed by atoms with van der Waals surface area (Å²) >= 11 is 4.07. The molecule has 0 saturated carbocycles. The zero-order valence-electron chi connectivity index (χ0n) is 7.14. The highest BCUT2D eigenvalue weighted by atomic mass is 32.1. The maximum Gasteiger partial charge on any atom is 0.355 e. The zero-order chi connectivity index (χ0) is 10.1. The number of thiol groups is 1. The van der Waals surface area contributed by atoms with Gasteiger partial charge in [0.15, 0.2) is 5.69 Å². The molecule has 0 fully saturated rings. The van der Waals surface area contributed by atoms with E-state index < -0.39 is 5.97 Å². The molecule has 0 saturated heterocycles. The minimum absolute atomic E-state index is 0.00738. The van der Waals surface area contributed by atoms with E-state index in [2.05, 4.69) is 17.6 Å². The number of rotatable bonds is 1. The van der Waals surface area contributed by atoms with Crippen LogP contribution in [0.2, 0.25) is 0 Å². The van der Waals surface area contributed by atoms with E-state index in [1.807, 2.05) is 18.2 Å². The highest BCUT2D eigenvalue weighted by molar-refractivity contribution is 7.80. The van der Waals surface area contributed by atoms with Crippen LogP contribution in [0.5, 0.6) is 0 Å². The number of aromatic nitrogens is 1. The van der Waals surface area contributed by atoms with Crippen LogP contribution in [-0.4, -0.2) is 16.1 Å². The highest BCUT2D eigenvalue weighted by Gasteiger charge is 2.10. The van der Waals surface area contributed by atoms with Crippen molar-refractivity contribution >= 4 is 29.5 Å². The van der Waals surface area contributed by atoms with Gasteiger partial charge in [-0.05, 0) is 12.1 Å². The first-order chi connectivity index (χ1) is 6.68. The molecule has 2 rings (SSSR count). The molecular formula is C10H7NO2S. The number of fused-ring (bicyclic) bond motifs is 1. The van der Waals surface area contributed by atoms with Gasteiger partial charge in [0.25, 0.3) is 0 Å². The normalized spacial score (nSPS) is 10.4. The number of carboxylic acids is 1. The SMILES string of the molecule is O=C(O)c1nc2ccccc2cc1S. The summed E-state index contributed by atoms with van der Waals surface area (Å²) in [7, 11) is 0. The van der Waals surface area contributed by atoms with Gasteiger partial charge in [-0.15, -0.1) is 12.6 Å². The number of pyridine rings is 1. The largest absolute Gasteiger partial charge is 0.476 e. The zero-order valence-corrected chi connectivity index (χ0v) is 8.03. The second-order valence-electron chi connectivity index (χ2n) is 2.85. The number of nitrogens with zero attached hydrogens (tertiary/aromatic N) is 1. The molecule has 3 nitrogen and oxygen atoms in total. The lowest BCUT2D eigenvalue weighted by molar-refractivity contribution is 0.0687. The molecule has 0 aliphatic heterocycles. The Hall–Kier alpha value is -1.55. The predicted molar refractivity (Wildman–Crippen MR) is 56.0 cm³/mol. The van der Waals surface area contributed by atoms with E-state index in [1.54, 1.807) is 12.1 Å². The fourth-order valence-corrected chi connectivity index (χ4v) is 1.55. The van der Waals surface area contributed by atoms with Crippen LogP contribution in [0.25, 0.3) is 10.9 Å². The van der Waals surface area contributed by atoms with Crippen LogP contribution in [0.4, 0.5) is 0 Å². The van der Waals surface area contributed by atoms with E-state index in [9.17, 15) is 4.79 Å². The summed E-state index contributed by atoms with van der Waals surface area (Å²) in [5, 5.41) is 9.70. The molecule has 1 heterocycles. The smallest absolute Gasteiger partial charge is 0.355 e. The van der Waals surface area contributed by atoms with Gasteiger partial charge in [-0.1, -0.05) is 18.2 Å². The predicted octanol–water partition coefficient (Wildman–Crippen LogP) is 2.22. The summed E-state index contributed by atoms with van der Waals surface area (Å²) < 4.78 is 0. The number of hydrogen-bond acceptors (Lipinski definition) is 3. The summed E-state index contributed by atoms with van der Waals surface area (Å²) in [6.45, 7) is 0. The Bertz CT molecular complexity index is 510. The summed E-state index contributed by atoms with van der Waals surface area (Å²) in [6, 6.07) is 9.04. The van der Waals surface area contributed by atoms with Gasteiger partial charge >= 0.3 is 5.97 Å². The average Bonchev–Trinajstić information content (AvgIpc) is 2.16. The lowest BCUT2D eigenvalue weighted by Crippen LogP contribution is -2.01. The molecule has 0 amide bonds. The third-order valence-corrected chi connectivity index (χ3v) is 2.25. The minimum Gasteiger partial charge on any atom is -0.476 e. The fraction of sp³-hybridized carbons (Fsp3) is 0. The van der Waals surface area contributed by atoms with Crippen LogP contribution >= 0.6 is 12.6 Å². The monoisotopic (exact) mass is 205 g/mol. The van der Waals surface area contributed by atoms with Gasteiger partial charge in [-0.3, -0.25) is 0 Å². The third kappa shape index (κ3) is 1.44. The number of para-hydroxylation sites is 1. The van der Waals surface area contributed by atoms with Crippen molar-refractivity contribution in [2.24, 2.45) is 0 Å². The molecule has 0 unspecified atom stereocenters. The molecule has 14 heavy (non-hydrogen) atoms. The lowest BCUT2D eigenvalue weighted by Gasteiger charge is -2.01. The molecule has 0 aliphatic rings. The molecule has 70 valence electrons. The van der Waals surface area contributed by atoms with Gasteiger partial charge in [0.2, 0.25) is 0 Å². The minimum atomic E-state index is -1.05. The number of benzene rings is 1. The van der Waals surface area contributed by atoms with Crippen molar-refractivity contribution in [3.63, 3.8) is 0 Å². The van der Waals surface area contributed by atoms with Crippen molar-refractivity contribution in [3.05, 3.63) is 36.0 Å². The second kappa shape index (κ2) is 3.31. The number of carbonyl (C=O) groups is 1. The van der Waals surface area contributed by atoms with E-state index in [-0.39, 0.29) is 5.69 Å². The molecule has 4 heteroatoms. The molecule has 0 atom stereocenters. The van der Waals surface area contributed by atoms with E-state index in [4.69, 9.17) is 5.11 Å². The van der Waals surface area contributed by atoms with Gasteiger partial charge in [-0.2, -0.15) is 0 Å². The van der Waals surface area contributed by atoms with E-state index >= 15 is 0 Å². The summed E-state index contributed by atoms with van der Waals surface area (Å²) in [6.07, 6.45) is 0. The molecule has 0 aliphatic carbocycles. The fourth-order valence-electron chi connectivity index (χ4n) is 1.26. The van der Waals surface area contributed by atoms with Gasteiger partial charge < -0.3 is 5.11 Å². The van der Waals surface area contributed by atoms with Crippen LogP contribution in [0.3, 0.4) is 0 Å². The Kier molecular flexibility index (Phi) is 2.13. The van der Waals surface area contributed by atoms with Crippen molar-refractivity contribution in [2.45, 2.75) is 4.90 Å². The van der Waals surface area contributed by atoms with E-state index in [0.29, 0.717) is 10.4 Å². The van der Waals surface area contributed by atoms with Crippen molar-refractivity contribution in [1.29, 1.82) is 0 Å². The molecule has 1 aromatic carbocycles. The van der Waals surface area contributed by atoms with Crippen molar-refractivity contribution in [3.8, 4) is 0 Å². The van der Waals surface area contributed by atoms with Crippen LogP contribution in [0, 0.1) is 0 Å². The number of carboxylic acid groups (broad SMARTS) is 1. The summed E-state index contributed by atoms with van der Waals surface area (Å²) in [4.78, 5) is 15.1.